The molecule has 3 heteroatoms. The van der Waals surface area contributed by atoms with Gasteiger partial charge in [-0.3, -0.25) is 4.98 Å². The summed E-state index contributed by atoms with van der Waals surface area (Å²) in [7, 11) is 2.01. The Kier molecular flexibility index (Phi) is 4.31. The van der Waals surface area contributed by atoms with Gasteiger partial charge in [-0.2, -0.15) is 0 Å². The predicted octanol–water partition coefficient (Wildman–Crippen LogP) is 2.30. The van der Waals surface area contributed by atoms with Gasteiger partial charge in [0.15, 0.2) is 0 Å². The minimum atomic E-state index is 0.401. The molecule has 2 unspecified atom stereocenters. The Morgan fingerprint density at radius 2 is 2.56 bits per heavy atom. The van der Waals surface area contributed by atoms with Crippen molar-refractivity contribution in [3.63, 3.8) is 0 Å². The van der Waals surface area contributed by atoms with Crippen molar-refractivity contribution in [2.24, 2.45) is 0 Å². The van der Waals surface area contributed by atoms with Crippen LogP contribution < -0.4 is 5.32 Å². The van der Waals surface area contributed by atoms with E-state index in [1.807, 2.05) is 25.5 Å². The third kappa shape index (κ3) is 3.03. The molecule has 0 aliphatic carbocycles. The van der Waals surface area contributed by atoms with Crippen LogP contribution in [0.25, 0.3) is 0 Å². The van der Waals surface area contributed by atoms with Crippen molar-refractivity contribution in [2.75, 3.05) is 13.7 Å². The summed E-state index contributed by atoms with van der Waals surface area (Å²) in [5.74, 6) is 0. The largest absolute Gasteiger partial charge is 0.378 e. The van der Waals surface area contributed by atoms with Gasteiger partial charge in [0.05, 0.1) is 6.10 Å². The minimum absolute atomic E-state index is 0.401. The lowest BCUT2D eigenvalue weighted by atomic mass is 10.0. The molecule has 2 rings (SSSR count). The summed E-state index contributed by atoms with van der Waals surface area (Å²) in [5.41, 5.74) is 1.27. The van der Waals surface area contributed by atoms with Crippen LogP contribution in [-0.2, 0) is 4.74 Å². The summed E-state index contributed by atoms with van der Waals surface area (Å²) in [6, 6.07) is 4.52. The van der Waals surface area contributed by atoms with Crippen molar-refractivity contribution in [1.29, 1.82) is 0 Å². The first-order chi connectivity index (χ1) is 7.90. The molecule has 0 radical (unpaired) electrons. The SMILES string of the molecule is CNC(CCC1CCCO1)c1cccnc1. The third-order valence-corrected chi connectivity index (χ3v) is 3.24. The van der Waals surface area contributed by atoms with Crippen LogP contribution in [0.5, 0.6) is 0 Å². The molecule has 0 spiro atoms. The number of nitrogens with one attached hydrogen (secondary N) is 1. The Morgan fingerprint density at radius 1 is 1.62 bits per heavy atom. The van der Waals surface area contributed by atoms with Crippen molar-refractivity contribution in [3.05, 3.63) is 30.1 Å². The molecule has 1 saturated heterocycles. The van der Waals surface area contributed by atoms with Crippen LogP contribution in [0.3, 0.4) is 0 Å². The number of nitrogens with zero attached hydrogens (tertiary/aromatic N) is 1. The van der Waals surface area contributed by atoms with Crippen molar-refractivity contribution in [3.8, 4) is 0 Å². The Labute approximate surface area is 97.2 Å². The van der Waals surface area contributed by atoms with Crippen molar-refractivity contribution < 1.29 is 4.74 Å². The fraction of sp³-hybridized carbons (Fsp3) is 0.615. The van der Waals surface area contributed by atoms with Gasteiger partial charge in [0.1, 0.15) is 0 Å². The Bertz CT molecular complexity index is 296. The maximum absolute atomic E-state index is 5.64. The monoisotopic (exact) mass is 220 g/mol. The topological polar surface area (TPSA) is 34.1 Å². The summed E-state index contributed by atoms with van der Waals surface area (Å²) in [6.45, 7) is 0.946. The molecule has 1 aromatic heterocycles. The van der Waals surface area contributed by atoms with Gasteiger partial charge in [-0.05, 0) is 44.4 Å². The summed E-state index contributed by atoms with van der Waals surface area (Å²) in [6.07, 6.45) is 8.94. The standard InChI is InChI=1S/C13H20N2O/c1-14-13(11-4-2-8-15-10-11)7-6-12-5-3-9-16-12/h2,4,8,10,12-14H,3,5-7,9H2,1H3. The zero-order valence-electron chi connectivity index (χ0n) is 9.86. The summed E-state index contributed by atoms with van der Waals surface area (Å²) >= 11 is 0. The van der Waals surface area contributed by atoms with E-state index in [0.717, 1.165) is 19.4 Å². The quantitative estimate of drug-likeness (QED) is 0.826. The average molecular weight is 220 g/mol. The number of pyridine rings is 1. The summed E-state index contributed by atoms with van der Waals surface area (Å²) < 4.78 is 5.64. The Morgan fingerprint density at radius 3 is 3.19 bits per heavy atom. The Balaban J connectivity index is 1.85. The van der Waals surface area contributed by atoms with Gasteiger partial charge in [0, 0.05) is 25.0 Å². The van der Waals surface area contributed by atoms with Crippen LogP contribution in [0.2, 0.25) is 0 Å². The van der Waals surface area contributed by atoms with Crippen LogP contribution >= 0.6 is 0 Å². The van der Waals surface area contributed by atoms with E-state index in [1.54, 1.807) is 0 Å². The summed E-state index contributed by atoms with van der Waals surface area (Å²) in [5, 5.41) is 3.35. The molecule has 1 aliphatic rings. The average Bonchev–Trinajstić information content (AvgIpc) is 2.84. The van der Waals surface area contributed by atoms with Gasteiger partial charge in [0.2, 0.25) is 0 Å². The second kappa shape index (κ2) is 5.97. The molecular formula is C13H20N2O. The first-order valence-electron chi connectivity index (χ1n) is 6.09. The second-order valence-corrected chi connectivity index (χ2v) is 4.34. The maximum Gasteiger partial charge on any atom is 0.0576 e. The van der Waals surface area contributed by atoms with Crippen molar-refractivity contribution >= 4 is 0 Å². The molecule has 2 heterocycles. The Hall–Kier alpha value is -0.930. The van der Waals surface area contributed by atoms with Crippen LogP contribution in [0.15, 0.2) is 24.5 Å². The minimum Gasteiger partial charge on any atom is -0.378 e. The lowest BCUT2D eigenvalue weighted by Crippen LogP contribution is -2.18. The first kappa shape index (κ1) is 11.6. The van der Waals surface area contributed by atoms with Crippen LogP contribution in [-0.4, -0.2) is 24.7 Å². The molecule has 88 valence electrons. The molecule has 1 aromatic rings. The third-order valence-electron chi connectivity index (χ3n) is 3.24. The molecule has 3 nitrogen and oxygen atoms in total. The maximum atomic E-state index is 5.64. The normalized spacial score (nSPS) is 22.2. The van der Waals surface area contributed by atoms with E-state index in [4.69, 9.17) is 4.74 Å². The fourth-order valence-corrected chi connectivity index (χ4v) is 2.28. The van der Waals surface area contributed by atoms with Gasteiger partial charge >= 0.3 is 0 Å². The molecule has 1 N–H and O–H groups in total. The van der Waals surface area contributed by atoms with Crippen LogP contribution in [0.4, 0.5) is 0 Å². The molecule has 16 heavy (non-hydrogen) atoms. The van der Waals surface area contributed by atoms with Gasteiger partial charge in [-0.15, -0.1) is 0 Å². The predicted molar refractivity (Wildman–Crippen MR) is 64.2 cm³/mol. The van der Waals surface area contributed by atoms with Gasteiger partial charge in [-0.1, -0.05) is 6.07 Å². The molecular weight excluding hydrogens is 200 g/mol. The highest BCUT2D eigenvalue weighted by Gasteiger charge is 2.17. The highest BCUT2D eigenvalue weighted by Crippen LogP contribution is 2.23. The number of rotatable bonds is 5. The van der Waals surface area contributed by atoms with Crippen LogP contribution in [0, 0.1) is 0 Å². The van der Waals surface area contributed by atoms with E-state index in [-0.39, 0.29) is 0 Å². The van der Waals surface area contributed by atoms with Crippen molar-refractivity contribution in [2.45, 2.75) is 37.8 Å². The van der Waals surface area contributed by atoms with Crippen molar-refractivity contribution in [1.82, 2.24) is 10.3 Å². The highest BCUT2D eigenvalue weighted by molar-refractivity contribution is 5.13. The number of hydrogen-bond acceptors (Lipinski definition) is 3. The molecule has 1 aliphatic heterocycles. The van der Waals surface area contributed by atoms with E-state index < -0.39 is 0 Å². The molecule has 1 fully saturated rings. The number of aromatic nitrogens is 1. The van der Waals surface area contributed by atoms with Gasteiger partial charge in [0.25, 0.3) is 0 Å². The number of ether oxygens (including phenoxy) is 1. The van der Waals surface area contributed by atoms with Gasteiger partial charge in [-0.25, -0.2) is 0 Å². The second-order valence-electron chi connectivity index (χ2n) is 4.34. The summed E-state index contributed by atoms with van der Waals surface area (Å²) in [4.78, 5) is 4.16. The van der Waals surface area contributed by atoms with E-state index in [0.29, 0.717) is 12.1 Å². The molecule has 2 atom stereocenters. The highest BCUT2D eigenvalue weighted by atomic mass is 16.5. The zero-order valence-corrected chi connectivity index (χ0v) is 9.86. The van der Waals surface area contributed by atoms with E-state index in [9.17, 15) is 0 Å². The smallest absolute Gasteiger partial charge is 0.0576 e. The van der Waals surface area contributed by atoms with E-state index in [1.165, 1.54) is 18.4 Å². The molecule has 0 aromatic carbocycles. The van der Waals surface area contributed by atoms with Gasteiger partial charge < -0.3 is 10.1 Å². The molecule has 0 amide bonds. The molecule has 0 bridgehead atoms. The van der Waals surface area contributed by atoms with E-state index in [2.05, 4.69) is 16.4 Å². The zero-order chi connectivity index (χ0) is 11.2. The molecule has 0 saturated carbocycles. The first-order valence-corrected chi connectivity index (χ1v) is 6.09. The van der Waals surface area contributed by atoms with E-state index >= 15 is 0 Å². The fourth-order valence-electron chi connectivity index (χ4n) is 2.28. The lowest BCUT2D eigenvalue weighted by molar-refractivity contribution is 0.0998. The number of hydrogen-bond donors (Lipinski definition) is 1. The lowest BCUT2D eigenvalue weighted by Gasteiger charge is -2.18. The van der Waals surface area contributed by atoms with Crippen LogP contribution in [0.1, 0.15) is 37.3 Å².